The molecule has 0 unspecified atom stereocenters. The molecule has 1 N–H and O–H groups in total. The molecule has 0 saturated carbocycles. The van der Waals surface area contributed by atoms with Gasteiger partial charge in [-0.1, -0.05) is 18.2 Å². The molecule has 66 valence electrons. The van der Waals surface area contributed by atoms with Gasteiger partial charge in [0.15, 0.2) is 0 Å². The molecule has 0 radical (unpaired) electrons. The van der Waals surface area contributed by atoms with Gasteiger partial charge in [0.1, 0.15) is 6.26 Å². The van der Waals surface area contributed by atoms with Crippen molar-refractivity contribution in [2.45, 2.75) is 0 Å². The fourth-order valence-corrected chi connectivity index (χ4v) is 1.21. The molecule has 0 atom stereocenters. The maximum atomic E-state index is 4.93. The van der Waals surface area contributed by atoms with E-state index in [0.29, 0.717) is 5.17 Å². The number of ether oxygens (including phenoxy) is 1. The van der Waals surface area contributed by atoms with Crippen LogP contribution in [0.3, 0.4) is 0 Å². The summed E-state index contributed by atoms with van der Waals surface area (Å²) in [5, 5.41) is 2.15. The van der Waals surface area contributed by atoms with Gasteiger partial charge >= 0.3 is 0 Å². The quantitative estimate of drug-likeness (QED) is 0.685. The third kappa shape index (κ3) is 1.78. The number of nitrogens with zero attached hydrogens (tertiary/aromatic N) is 1. The molecular weight excluding hydrogens is 184 g/mol. The second kappa shape index (κ2) is 3.45. The van der Waals surface area contributed by atoms with E-state index in [2.05, 4.69) is 5.43 Å². The number of hydrazine groups is 1. The third-order valence-electron chi connectivity index (χ3n) is 1.63. The standard InChI is InChI=1S/C9H8N2OS/c13-9-10-11(6-7-12-9)8-4-2-1-3-5-8/h1-7H,(H,10,13). The predicted molar refractivity (Wildman–Crippen MR) is 54.9 cm³/mol. The van der Waals surface area contributed by atoms with Crippen molar-refractivity contribution in [3.8, 4) is 0 Å². The minimum absolute atomic E-state index is 0.353. The number of hydrogen-bond acceptors (Lipinski definition) is 3. The van der Waals surface area contributed by atoms with Crippen molar-refractivity contribution in [1.29, 1.82) is 0 Å². The van der Waals surface area contributed by atoms with Gasteiger partial charge in [0, 0.05) is 0 Å². The summed E-state index contributed by atoms with van der Waals surface area (Å²) >= 11 is 4.86. The number of para-hydroxylation sites is 1. The molecular formula is C9H8N2OS. The van der Waals surface area contributed by atoms with Crippen molar-refractivity contribution in [2.75, 3.05) is 5.01 Å². The van der Waals surface area contributed by atoms with Gasteiger partial charge in [0.25, 0.3) is 5.17 Å². The molecule has 4 heteroatoms. The third-order valence-corrected chi connectivity index (χ3v) is 1.82. The van der Waals surface area contributed by atoms with E-state index in [-0.39, 0.29) is 0 Å². The molecule has 0 fully saturated rings. The summed E-state index contributed by atoms with van der Waals surface area (Å²) in [5.41, 5.74) is 3.91. The highest BCUT2D eigenvalue weighted by Crippen LogP contribution is 2.12. The van der Waals surface area contributed by atoms with Crippen molar-refractivity contribution in [3.63, 3.8) is 0 Å². The van der Waals surface area contributed by atoms with Gasteiger partial charge in [-0.3, -0.25) is 10.4 Å². The number of hydrogen-bond donors (Lipinski definition) is 1. The zero-order valence-electron chi connectivity index (χ0n) is 6.81. The van der Waals surface area contributed by atoms with Crippen molar-refractivity contribution in [1.82, 2.24) is 5.43 Å². The second-order valence-corrected chi connectivity index (χ2v) is 2.88. The summed E-state index contributed by atoms with van der Waals surface area (Å²) in [4.78, 5) is 0. The van der Waals surface area contributed by atoms with Crippen LogP contribution in [-0.2, 0) is 4.74 Å². The van der Waals surface area contributed by atoms with Crippen LogP contribution in [0.4, 0.5) is 5.69 Å². The van der Waals surface area contributed by atoms with E-state index < -0.39 is 0 Å². The number of thiocarbonyl (C=S) groups is 1. The zero-order valence-corrected chi connectivity index (χ0v) is 7.62. The molecule has 13 heavy (non-hydrogen) atoms. The maximum Gasteiger partial charge on any atom is 0.281 e. The summed E-state index contributed by atoms with van der Waals surface area (Å²) in [6.07, 6.45) is 3.32. The summed E-state index contributed by atoms with van der Waals surface area (Å²) in [6.45, 7) is 0. The van der Waals surface area contributed by atoms with Crippen molar-refractivity contribution < 1.29 is 4.74 Å². The Hall–Kier alpha value is -1.55. The molecule has 0 aliphatic carbocycles. The van der Waals surface area contributed by atoms with E-state index in [0.717, 1.165) is 5.69 Å². The first-order valence-corrected chi connectivity index (χ1v) is 4.25. The average molecular weight is 192 g/mol. The molecule has 1 heterocycles. The molecule has 3 nitrogen and oxygen atoms in total. The molecule has 0 saturated heterocycles. The van der Waals surface area contributed by atoms with Crippen LogP contribution in [0, 0.1) is 0 Å². The fraction of sp³-hybridized carbons (Fsp3) is 0. The molecule has 0 amide bonds. The smallest absolute Gasteiger partial charge is 0.281 e. The van der Waals surface area contributed by atoms with Crippen LogP contribution in [0.2, 0.25) is 0 Å². The highest BCUT2D eigenvalue weighted by molar-refractivity contribution is 7.80. The largest absolute Gasteiger partial charge is 0.437 e. The molecule has 1 aromatic rings. The number of rotatable bonds is 1. The van der Waals surface area contributed by atoms with Crippen molar-refractivity contribution >= 4 is 23.1 Å². The Morgan fingerprint density at radius 1 is 1.23 bits per heavy atom. The lowest BCUT2D eigenvalue weighted by atomic mass is 10.3. The lowest BCUT2D eigenvalue weighted by molar-refractivity contribution is 0.439. The van der Waals surface area contributed by atoms with E-state index in [1.807, 2.05) is 30.3 Å². The van der Waals surface area contributed by atoms with E-state index >= 15 is 0 Å². The van der Waals surface area contributed by atoms with E-state index in [1.54, 1.807) is 17.5 Å². The van der Waals surface area contributed by atoms with Crippen LogP contribution < -0.4 is 10.4 Å². The summed E-state index contributed by atoms with van der Waals surface area (Å²) < 4.78 is 4.93. The molecule has 0 aromatic heterocycles. The first-order valence-electron chi connectivity index (χ1n) is 3.84. The topological polar surface area (TPSA) is 24.5 Å². The maximum absolute atomic E-state index is 4.93. The Bertz CT molecular complexity index is 337. The molecule has 0 spiro atoms. The first-order chi connectivity index (χ1) is 6.36. The van der Waals surface area contributed by atoms with Crippen LogP contribution in [0.5, 0.6) is 0 Å². The van der Waals surface area contributed by atoms with E-state index in [4.69, 9.17) is 17.0 Å². The summed E-state index contributed by atoms with van der Waals surface area (Å²) in [5.74, 6) is 0. The van der Waals surface area contributed by atoms with Gasteiger partial charge in [-0.05, 0) is 24.4 Å². The van der Waals surface area contributed by atoms with Gasteiger partial charge in [0.05, 0.1) is 11.9 Å². The molecule has 2 rings (SSSR count). The van der Waals surface area contributed by atoms with Crippen LogP contribution >= 0.6 is 12.2 Å². The summed E-state index contributed by atoms with van der Waals surface area (Å²) in [6, 6.07) is 9.84. The monoisotopic (exact) mass is 192 g/mol. The Balaban J connectivity index is 2.22. The fourth-order valence-electron chi connectivity index (χ4n) is 1.05. The SMILES string of the molecule is S=C1NN(c2ccccc2)C=CO1. The summed E-state index contributed by atoms with van der Waals surface area (Å²) in [7, 11) is 0. The number of anilines is 1. The van der Waals surface area contributed by atoms with Gasteiger partial charge in [-0.25, -0.2) is 0 Å². The lowest BCUT2D eigenvalue weighted by Gasteiger charge is -2.24. The van der Waals surface area contributed by atoms with Gasteiger partial charge in [-0.2, -0.15) is 0 Å². The van der Waals surface area contributed by atoms with Crippen molar-refractivity contribution in [3.05, 3.63) is 42.8 Å². The van der Waals surface area contributed by atoms with Crippen LogP contribution in [0.1, 0.15) is 0 Å². The Morgan fingerprint density at radius 3 is 2.69 bits per heavy atom. The number of benzene rings is 1. The van der Waals surface area contributed by atoms with Crippen LogP contribution in [0.25, 0.3) is 0 Å². The molecule has 0 bridgehead atoms. The van der Waals surface area contributed by atoms with Crippen molar-refractivity contribution in [2.24, 2.45) is 0 Å². The second-order valence-electron chi connectivity index (χ2n) is 2.51. The Kier molecular flexibility index (Phi) is 2.14. The lowest BCUT2D eigenvalue weighted by Crippen LogP contribution is -2.40. The predicted octanol–water partition coefficient (Wildman–Crippen LogP) is 1.78. The Morgan fingerprint density at radius 2 is 2.00 bits per heavy atom. The van der Waals surface area contributed by atoms with E-state index in [9.17, 15) is 0 Å². The molecule has 1 aliphatic rings. The van der Waals surface area contributed by atoms with Gasteiger partial charge in [0.2, 0.25) is 0 Å². The highest BCUT2D eigenvalue weighted by atomic mass is 32.1. The zero-order chi connectivity index (χ0) is 9.10. The average Bonchev–Trinajstić information content (AvgIpc) is 2.19. The molecule has 1 aliphatic heterocycles. The van der Waals surface area contributed by atoms with E-state index in [1.165, 1.54) is 0 Å². The van der Waals surface area contributed by atoms with Gasteiger partial charge < -0.3 is 4.74 Å². The normalized spacial score (nSPS) is 15.1. The van der Waals surface area contributed by atoms with Gasteiger partial charge in [-0.15, -0.1) is 0 Å². The van der Waals surface area contributed by atoms with Crippen LogP contribution in [0.15, 0.2) is 42.8 Å². The highest BCUT2D eigenvalue weighted by Gasteiger charge is 2.08. The number of nitrogens with one attached hydrogen (secondary N) is 1. The minimum Gasteiger partial charge on any atom is -0.437 e. The first kappa shape index (κ1) is 8.07. The molecule has 1 aromatic carbocycles. The minimum atomic E-state index is 0.353. The van der Waals surface area contributed by atoms with Crippen LogP contribution in [-0.4, -0.2) is 5.17 Å². The Labute approximate surface area is 81.6 Å².